The van der Waals surface area contributed by atoms with Crippen molar-refractivity contribution >= 4 is 23.3 Å². The summed E-state index contributed by atoms with van der Waals surface area (Å²) in [6.45, 7) is 2.60. The van der Waals surface area contributed by atoms with Crippen LogP contribution in [0.2, 0.25) is 0 Å². The van der Waals surface area contributed by atoms with Crippen molar-refractivity contribution in [3.8, 4) is 12.3 Å². The maximum Gasteiger partial charge on any atom is 0.333 e. The fourth-order valence-electron chi connectivity index (χ4n) is 1.74. The third-order valence-electron chi connectivity index (χ3n) is 2.49. The SMILES string of the molecule is C#CCSCCNc1c([N+](=O)[O-])c(CCC)nn1C. The molecule has 6 nitrogen and oxygen atoms in total. The molecule has 1 aromatic heterocycles. The number of thioether (sulfide) groups is 1. The van der Waals surface area contributed by atoms with Gasteiger partial charge in [-0.2, -0.15) is 5.10 Å². The van der Waals surface area contributed by atoms with Crippen LogP contribution in [0.3, 0.4) is 0 Å². The van der Waals surface area contributed by atoms with Crippen molar-refractivity contribution < 1.29 is 4.92 Å². The molecule has 0 unspecified atom stereocenters. The number of terminal acetylenes is 1. The van der Waals surface area contributed by atoms with Gasteiger partial charge in [0.15, 0.2) is 0 Å². The Morgan fingerprint density at radius 1 is 1.63 bits per heavy atom. The molecule has 0 amide bonds. The molecule has 0 aromatic carbocycles. The molecule has 0 radical (unpaired) electrons. The minimum atomic E-state index is -0.366. The summed E-state index contributed by atoms with van der Waals surface area (Å²) in [5, 5.41) is 18.4. The Labute approximate surface area is 117 Å². The van der Waals surface area contributed by atoms with Gasteiger partial charge in [-0.3, -0.25) is 10.1 Å². The molecule has 7 heteroatoms. The van der Waals surface area contributed by atoms with Gasteiger partial charge in [0.05, 0.1) is 10.7 Å². The van der Waals surface area contributed by atoms with Crippen LogP contribution in [-0.4, -0.2) is 32.8 Å². The molecule has 0 aliphatic rings. The summed E-state index contributed by atoms with van der Waals surface area (Å²) in [7, 11) is 1.71. The molecule has 0 aliphatic carbocycles. The highest BCUT2D eigenvalue weighted by Crippen LogP contribution is 2.28. The number of nitrogens with one attached hydrogen (secondary N) is 1. The van der Waals surface area contributed by atoms with E-state index in [1.807, 2.05) is 6.92 Å². The average molecular weight is 282 g/mol. The number of hydrogen-bond acceptors (Lipinski definition) is 5. The minimum Gasteiger partial charge on any atom is -0.364 e. The van der Waals surface area contributed by atoms with Gasteiger partial charge < -0.3 is 5.32 Å². The van der Waals surface area contributed by atoms with Crippen LogP contribution in [0.15, 0.2) is 0 Å². The van der Waals surface area contributed by atoms with Crippen molar-refractivity contribution in [2.24, 2.45) is 7.05 Å². The van der Waals surface area contributed by atoms with Crippen molar-refractivity contribution in [2.45, 2.75) is 19.8 Å². The predicted octanol–water partition coefficient (Wildman–Crippen LogP) is 2.06. The molecule has 0 saturated heterocycles. The van der Waals surface area contributed by atoms with Gasteiger partial charge in [0.2, 0.25) is 5.82 Å². The lowest BCUT2D eigenvalue weighted by Crippen LogP contribution is -2.09. The lowest BCUT2D eigenvalue weighted by atomic mass is 10.2. The number of rotatable bonds is 8. The molecule has 19 heavy (non-hydrogen) atoms. The zero-order chi connectivity index (χ0) is 14.3. The zero-order valence-electron chi connectivity index (χ0n) is 11.2. The Morgan fingerprint density at radius 3 is 2.95 bits per heavy atom. The Balaban J connectivity index is 2.76. The van der Waals surface area contributed by atoms with E-state index < -0.39 is 0 Å². The van der Waals surface area contributed by atoms with Gasteiger partial charge in [-0.15, -0.1) is 18.2 Å². The largest absolute Gasteiger partial charge is 0.364 e. The summed E-state index contributed by atoms with van der Waals surface area (Å²) in [5.41, 5.74) is 0.625. The smallest absolute Gasteiger partial charge is 0.333 e. The predicted molar refractivity (Wildman–Crippen MR) is 78.5 cm³/mol. The van der Waals surface area contributed by atoms with Gasteiger partial charge in [0, 0.05) is 19.3 Å². The van der Waals surface area contributed by atoms with E-state index >= 15 is 0 Å². The Hall–Kier alpha value is -1.68. The molecule has 1 rings (SSSR count). The summed E-state index contributed by atoms with van der Waals surface area (Å²) in [4.78, 5) is 10.8. The standard InChI is InChI=1S/C12H18N4O2S/c1-4-6-10-11(16(17)18)12(15(3)14-10)13-7-9-19-8-5-2/h2,13H,4,6-9H2,1,3H3. The quantitative estimate of drug-likeness (QED) is 0.342. The first-order valence-electron chi connectivity index (χ1n) is 6.07. The van der Waals surface area contributed by atoms with E-state index in [9.17, 15) is 10.1 Å². The highest BCUT2D eigenvalue weighted by Gasteiger charge is 2.25. The van der Waals surface area contributed by atoms with Gasteiger partial charge in [0.25, 0.3) is 0 Å². The van der Waals surface area contributed by atoms with Crippen molar-refractivity contribution in [2.75, 3.05) is 23.4 Å². The van der Waals surface area contributed by atoms with E-state index in [0.717, 1.165) is 12.2 Å². The molecular weight excluding hydrogens is 264 g/mol. The number of nitro groups is 1. The molecule has 0 saturated carbocycles. The second kappa shape index (κ2) is 7.69. The van der Waals surface area contributed by atoms with Crippen LogP contribution in [-0.2, 0) is 13.5 Å². The first-order valence-corrected chi connectivity index (χ1v) is 7.22. The van der Waals surface area contributed by atoms with Gasteiger partial charge in [-0.25, -0.2) is 4.68 Å². The monoisotopic (exact) mass is 282 g/mol. The third-order valence-corrected chi connectivity index (χ3v) is 3.35. The summed E-state index contributed by atoms with van der Waals surface area (Å²) in [6.07, 6.45) is 6.59. The van der Waals surface area contributed by atoms with E-state index in [1.54, 1.807) is 18.8 Å². The second-order valence-electron chi connectivity index (χ2n) is 3.96. The van der Waals surface area contributed by atoms with Crippen molar-refractivity contribution in [1.29, 1.82) is 0 Å². The number of aromatic nitrogens is 2. The highest BCUT2D eigenvalue weighted by atomic mass is 32.2. The zero-order valence-corrected chi connectivity index (χ0v) is 12.0. The lowest BCUT2D eigenvalue weighted by molar-refractivity contribution is -0.384. The van der Waals surface area contributed by atoms with Crippen LogP contribution in [0, 0.1) is 22.5 Å². The van der Waals surface area contributed by atoms with Gasteiger partial charge in [-0.05, 0) is 6.42 Å². The van der Waals surface area contributed by atoms with E-state index in [0.29, 0.717) is 30.2 Å². The summed E-state index contributed by atoms with van der Waals surface area (Å²) in [5.74, 6) is 4.46. The Morgan fingerprint density at radius 2 is 2.37 bits per heavy atom. The molecule has 0 aliphatic heterocycles. The van der Waals surface area contributed by atoms with Crippen molar-refractivity contribution in [3.05, 3.63) is 15.8 Å². The lowest BCUT2D eigenvalue weighted by Gasteiger charge is -2.04. The van der Waals surface area contributed by atoms with E-state index in [2.05, 4.69) is 16.3 Å². The van der Waals surface area contributed by atoms with Gasteiger partial charge in [-0.1, -0.05) is 19.3 Å². The molecule has 0 fully saturated rings. The Kier molecular flexibility index (Phi) is 6.22. The van der Waals surface area contributed by atoms with Crippen LogP contribution in [0.25, 0.3) is 0 Å². The van der Waals surface area contributed by atoms with Gasteiger partial charge in [0.1, 0.15) is 5.69 Å². The Bertz CT molecular complexity index is 479. The molecule has 0 spiro atoms. The van der Waals surface area contributed by atoms with E-state index in [1.165, 1.54) is 4.68 Å². The molecule has 1 aromatic rings. The fourth-order valence-corrected chi connectivity index (χ4v) is 2.24. The molecule has 0 bridgehead atoms. The maximum absolute atomic E-state index is 11.1. The van der Waals surface area contributed by atoms with Crippen molar-refractivity contribution in [1.82, 2.24) is 9.78 Å². The second-order valence-corrected chi connectivity index (χ2v) is 5.06. The average Bonchev–Trinajstić information content (AvgIpc) is 2.66. The van der Waals surface area contributed by atoms with Gasteiger partial charge >= 0.3 is 5.69 Å². The number of aryl methyl sites for hydroxylation is 2. The topological polar surface area (TPSA) is 73.0 Å². The molecular formula is C12H18N4O2S. The summed E-state index contributed by atoms with van der Waals surface area (Å²) >= 11 is 1.61. The summed E-state index contributed by atoms with van der Waals surface area (Å²) in [6, 6.07) is 0. The molecule has 0 atom stereocenters. The molecule has 104 valence electrons. The van der Waals surface area contributed by atoms with Crippen molar-refractivity contribution in [3.63, 3.8) is 0 Å². The van der Waals surface area contributed by atoms with E-state index in [4.69, 9.17) is 6.42 Å². The number of hydrogen-bond donors (Lipinski definition) is 1. The van der Waals surface area contributed by atoms with Crippen LogP contribution in [0.5, 0.6) is 0 Å². The number of nitrogens with zero attached hydrogens (tertiary/aromatic N) is 3. The van der Waals surface area contributed by atoms with Crippen LogP contribution in [0.1, 0.15) is 19.0 Å². The normalized spacial score (nSPS) is 10.2. The first kappa shape index (κ1) is 15.4. The first-order chi connectivity index (χ1) is 9.11. The van der Waals surface area contributed by atoms with Crippen LogP contribution < -0.4 is 5.32 Å². The molecule has 1 N–H and O–H groups in total. The minimum absolute atomic E-state index is 0.0892. The third kappa shape index (κ3) is 4.17. The van der Waals surface area contributed by atoms with E-state index in [-0.39, 0.29) is 10.6 Å². The maximum atomic E-state index is 11.1. The number of anilines is 1. The molecule has 1 heterocycles. The van der Waals surface area contributed by atoms with Crippen LogP contribution >= 0.6 is 11.8 Å². The fraction of sp³-hybridized carbons (Fsp3) is 0.583. The summed E-state index contributed by atoms with van der Waals surface area (Å²) < 4.78 is 1.54. The van der Waals surface area contributed by atoms with Crippen LogP contribution in [0.4, 0.5) is 11.5 Å². The highest BCUT2D eigenvalue weighted by molar-refractivity contribution is 7.99.